The Labute approximate surface area is 179 Å². The van der Waals surface area contributed by atoms with Crippen molar-refractivity contribution in [2.45, 2.75) is 31.2 Å². The summed E-state index contributed by atoms with van der Waals surface area (Å²) in [6.07, 6.45) is 6.21. The van der Waals surface area contributed by atoms with Gasteiger partial charge in [0.25, 0.3) is 5.56 Å². The number of rotatable bonds is 3. The van der Waals surface area contributed by atoms with Crippen LogP contribution in [0, 0.1) is 17.1 Å². The minimum Gasteiger partial charge on any atom is -0.338 e. The lowest BCUT2D eigenvalue weighted by Gasteiger charge is -2.38. The van der Waals surface area contributed by atoms with E-state index in [9.17, 15) is 9.18 Å². The molecule has 0 amide bonds. The molecule has 5 rings (SSSR count). The van der Waals surface area contributed by atoms with Gasteiger partial charge in [0, 0.05) is 43.8 Å². The van der Waals surface area contributed by atoms with Gasteiger partial charge in [-0.15, -0.1) is 0 Å². The summed E-state index contributed by atoms with van der Waals surface area (Å²) in [5.41, 5.74) is 1.04. The molecular formula is C23H23FN6O. The van der Waals surface area contributed by atoms with Crippen LogP contribution in [0.15, 0.2) is 41.5 Å². The van der Waals surface area contributed by atoms with Crippen molar-refractivity contribution in [2.24, 2.45) is 0 Å². The predicted molar refractivity (Wildman–Crippen MR) is 115 cm³/mol. The van der Waals surface area contributed by atoms with Gasteiger partial charge in [0.2, 0.25) is 5.95 Å². The Kier molecular flexibility index (Phi) is 5.12. The highest BCUT2D eigenvalue weighted by Crippen LogP contribution is 2.37. The van der Waals surface area contributed by atoms with E-state index in [1.54, 1.807) is 24.5 Å². The van der Waals surface area contributed by atoms with Gasteiger partial charge in [0.15, 0.2) is 0 Å². The van der Waals surface area contributed by atoms with E-state index < -0.39 is 5.82 Å². The molecular weight excluding hydrogens is 395 g/mol. The lowest BCUT2D eigenvalue weighted by atomic mass is 10.00. The van der Waals surface area contributed by atoms with Crippen molar-refractivity contribution in [3.63, 3.8) is 0 Å². The van der Waals surface area contributed by atoms with E-state index in [-0.39, 0.29) is 16.9 Å². The van der Waals surface area contributed by atoms with E-state index >= 15 is 0 Å². The second-order valence-corrected chi connectivity index (χ2v) is 8.33. The Morgan fingerprint density at radius 1 is 1.13 bits per heavy atom. The maximum Gasteiger partial charge on any atom is 0.259 e. The Hall–Kier alpha value is -3.31. The van der Waals surface area contributed by atoms with Crippen LogP contribution in [-0.2, 0) is 0 Å². The lowest BCUT2D eigenvalue weighted by Crippen LogP contribution is -2.50. The first kappa shape index (κ1) is 19.6. The van der Waals surface area contributed by atoms with Crippen LogP contribution in [0.3, 0.4) is 0 Å². The van der Waals surface area contributed by atoms with Crippen molar-refractivity contribution in [2.75, 3.05) is 31.1 Å². The highest BCUT2D eigenvalue weighted by Gasteiger charge is 2.33. The molecule has 0 unspecified atom stereocenters. The van der Waals surface area contributed by atoms with Gasteiger partial charge in [0.05, 0.1) is 23.3 Å². The molecule has 1 aliphatic carbocycles. The zero-order valence-corrected chi connectivity index (χ0v) is 17.1. The number of benzene rings is 1. The number of nitrogens with zero attached hydrogens (tertiary/aromatic N) is 5. The topological polar surface area (TPSA) is 88.9 Å². The molecule has 8 heteroatoms. The Bertz CT molecular complexity index is 1190. The summed E-state index contributed by atoms with van der Waals surface area (Å²) in [6.45, 7) is 3.55. The Morgan fingerprint density at radius 3 is 2.65 bits per heavy atom. The highest BCUT2D eigenvalue weighted by molar-refractivity contribution is 5.82. The number of hydrogen-bond acceptors (Lipinski definition) is 6. The molecule has 1 N–H and O–H groups in total. The predicted octanol–water partition coefficient (Wildman–Crippen LogP) is 2.79. The smallest absolute Gasteiger partial charge is 0.259 e. The van der Waals surface area contributed by atoms with E-state index in [0.29, 0.717) is 22.9 Å². The lowest BCUT2D eigenvalue weighted by molar-refractivity contribution is 0.185. The third-order valence-electron chi connectivity index (χ3n) is 6.57. The average Bonchev–Trinajstić information content (AvgIpc) is 3.29. The number of aromatic amines is 1. The minimum absolute atomic E-state index is 0.141. The summed E-state index contributed by atoms with van der Waals surface area (Å²) in [7, 11) is 0. The number of anilines is 1. The summed E-state index contributed by atoms with van der Waals surface area (Å²) in [6, 6.07) is 9.23. The van der Waals surface area contributed by atoms with Crippen LogP contribution >= 0.6 is 0 Å². The third kappa shape index (κ3) is 3.77. The van der Waals surface area contributed by atoms with Gasteiger partial charge < -0.3 is 9.88 Å². The number of fused-ring (bicyclic) bond motifs is 1. The summed E-state index contributed by atoms with van der Waals surface area (Å²) >= 11 is 0. The molecule has 3 aromatic rings. The van der Waals surface area contributed by atoms with Gasteiger partial charge in [-0.1, -0.05) is 12.1 Å². The number of piperazine rings is 1. The first-order chi connectivity index (χ1) is 15.1. The highest BCUT2D eigenvalue weighted by atomic mass is 19.1. The molecule has 0 bridgehead atoms. The molecule has 7 nitrogen and oxygen atoms in total. The third-order valence-corrected chi connectivity index (χ3v) is 6.57. The van der Waals surface area contributed by atoms with Gasteiger partial charge in [-0.2, -0.15) is 5.26 Å². The molecule has 0 radical (unpaired) electrons. The number of nitriles is 1. The van der Waals surface area contributed by atoms with Gasteiger partial charge in [-0.05, 0) is 36.8 Å². The van der Waals surface area contributed by atoms with Crippen molar-refractivity contribution in [3.05, 3.63) is 64.1 Å². The van der Waals surface area contributed by atoms with Crippen molar-refractivity contribution < 1.29 is 4.39 Å². The van der Waals surface area contributed by atoms with Crippen molar-refractivity contribution in [1.82, 2.24) is 19.9 Å². The van der Waals surface area contributed by atoms with E-state index in [2.05, 4.69) is 24.8 Å². The fourth-order valence-corrected chi connectivity index (χ4v) is 4.92. The molecule has 0 spiro atoms. The second-order valence-electron chi connectivity index (χ2n) is 8.33. The van der Waals surface area contributed by atoms with Crippen LogP contribution in [0.1, 0.15) is 36.4 Å². The molecule has 31 heavy (non-hydrogen) atoms. The number of H-pyrrole nitrogens is 1. The van der Waals surface area contributed by atoms with Gasteiger partial charge >= 0.3 is 0 Å². The van der Waals surface area contributed by atoms with Crippen LogP contribution in [0.5, 0.6) is 0 Å². The molecule has 158 valence electrons. The Morgan fingerprint density at radius 2 is 1.90 bits per heavy atom. The SMILES string of the molecule is N#Cc1cnc(N2CCN([C@H]3CC[C@@H](c4cc5cccc(F)c5c(=O)[nH]4)C3)CC2)nc1. The maximum absolute atomic E-state index is 14.0. The van der Waals surface area contributed by atoms with Crippen molar-refractivity contribution in [3.8, 4) is 6.07 Å². The van der Waals surface area contributed by atoms with Crippen molar-refractivity contribution in [1.29, 1.82) is 5.26 Å². The molecule has 2 aliphatic rings. The number of hydrogen-bond donors (Lipinski definition) is 1. The Balaban J connectivity index is 1.24. The van der Waals surface area contributed by atoms with Crippen LogP contribution in [-0.4, -0.2) is 52.1 Å². The first-order valence-corrected chi connectivity index (χ1v) is 10.6. The number of halogens is 1. The second kappa shape index (κ2) is 8.08. The monoisotopic (exact) mass is 418 g/mol. The van der Waals surface area contributed by atoms with Crippen molar-refractivity contribution >= 4 is 16.7 Å². The van der Waals surface area contributed by atoms with E-state index in [0.717, 1.165) is 51.1 Å². The molecule has 1 aliphatic heterocycles. The zero-order valence-electron chi connectivity index (χ0n) is 17.1. The van der Waals surface area contributed by atoms with E-state index in [1.807, 2.05) is 12.1 Å². The van der Waals surface area contributed by atoms with Crippen LogP contribution in [0.25, 0.3) is 10.8 Å². The van der Waals surface area contributed by atoms with Crippen LogP contribution in [0.2, 0.25) is 0 Å². The molecule has 1 saturated carbocycles. The van der Waals surface area contributed by atoms with Gasteiger partial charge in [0.1, 0.15) is 11.9 Å². The van der Waals surface area contributed by atoms with E-state index in [1.165, 1.54) is 6.07 Å². The minimum atomic E-state index is -0.473. The maximum atomic E-state index is 14.0. The molecule has 1 aromatic carbocycles. The zero-order chi connectivity index (χ0) is 21.4. The fourth-order valence-electron chi connectivity index (χ4n) is 4.92. The normalized spacial score (nSPS) is 22.0. The summed E-state index contributed by atoms with van der Waals surface area (Å²) in [4.78, 5) is 28.6. The number of nitrogens with one attached hydrogen (secondary N) is 1. The average molecular weight is 418 g/mol. The molecule has 2 atom stereocenters. The number of aromatic nitrogens is 3. The molecule has 2 aromatic heterocycles. The molecule has 3 heterocycles. The summed E-state index contributed by atoms with van der Waals surface area (Å²) < 4.78 is 14.0. The molecule has 2 fully saturated rings. The van der Waals surface area contributed by atoms with Crippen LogP contribution < -0.4 is 10.5 Å². The van der Waals surface area contributed by atoms with E-state index in [4.69, 9.17) is 5.26 Å². The standard InChI is InChI=1S/C23H23FN6O/c24-19-3-1-2-17-11-20(28-22(31)21(17)19)16-4-5-18(10-16)29-6-8-30(9-7-29)23-26-13-15(12-25)14-27-23/h1-3,11,13-14,16,18H,4-10H2,(H,28,31)/t16-,18+/m1/s1. The summed E-state index contributed by atoms with van der Waals surface area (Å²) in [5, 5.41) is 9.70. The van der Waals surface area contributed by atoms with Crippen LogP contribution in [0.4, 0.5) is 10.3 Å². The van der Waals surface area contributed by atoms with Gasteiger partial charge in [-0.25, -0.2) is 14.4 Å². The fraction of sp³-hybridized carbons (Fsp3) is 0.391. The number of pyridine rings is 1. The first-order valence-electron chi connectivity index (χ1n) is 10.6. The largest absolute Gasteiger partial charge is 0.338 e. The quantitative estimate of drug-likeness (QED) is 0.704. The molecule has 1 saturated heterocycles. The summed E-state index contributed by atoms with van der Waals surface area (Å²) in [5.74, 6) is 0.480. The van der Waals surface area contributed by atoms with Gasteiger partial charge in [-0.3, -0.25) is 9.69 Å².